The maximum Gasteiger partial charge on any atom is 0.256 e. The summed E-state index contributed by atoms with van der Waals surface area (Å²) in [4.78, 5) is 8.18. The number of fused-ring (bicyclic) bond motifs is 1. The maximum atomic E-state index is 6.11. The first kappa shape index (κ1) is 12.9. The Hall–Kier alpha value is -2.14. The standard InChI is InChI=1S/C14H13ClN4O/c1-8-4-5-11(9(2)6-8)20-13-10(3)12(15)18-14-16-7-17-19(13)14/h4-7H,1-3H3. The van der Waals surface area contributed by atoms with Gasteiger partial charge in [0.05, 0.1) is 0 Å². The summed E-state index contributed by atoms with van der Waals surface area (Å²) in [6.45, 7) is 5.88. The second-order valence-electron chi connectivity index (χ2n) is 4.68. The molecule has 5 nitrogen and oxygen atoms in total. The number of hydrogen-bond acceptors (Lipinski definition) is 4. The second-order valence-corrected chi connectivity index (χ2v) is 5.03. The Morgan fingerprint density at radius 3 is 2.75 bits per heavy atom. The van der Waals surface area contributed by atoms with Gasteiger partial charge in [-0.3, -0.25) is 0 Å². The summed E-state index contributed by atoms with van der Waals surface area (Å²) in [5.74, 6) is 1.71. The molecule has 0 aliphatic carbocycles. The average Bonchev–Trinajstić information content (AvgIpc) is 2.85. The van der Waals surface area contributed by atoms with Gasteiger partial charge in [-0.05, 0) is 32.4 Å². The quantitative estimate of drug-likeness (QED) is 0.677. The number of hydrogen-bond donors (Lipinski definition) is 0. The van der Waals surface area contributed by atoms with Gasteiger partial charge in [-0.15, -0.1) is 0 Å². The van der Waals surface area contributed by atoms with Crippen LogP contribution < -0.4 is 4.74 Å². The molecule has 0 radical (unpaired) electrons. The zero-order chi connectivity index (χ0) is 14.3. The van der Waals surface area contributed by atoms with Crippen molar-refractivity contribution in [1.29, 1.82) is 0 Å². The molecule has 2 heterocycles. The van der Waals surface area contributed by atoms with Crippen molar-refractivity contribution in [3.63, 3.8) is 0 Å². The van der Waals surface area contributed by atoms with E-state index in [1.165, 1.54) is 11.9 Å². The van der Waals surface area contributed by atoms with Crippen LogP contribution >= 0.6 is 11.6 Å². The predicted molar refractivity (Wildman–Crippen MR) is 76.5 cm³/mol. The van der Waals surface area contributed by atoms with Crippen LogP contribution in [0, 0.1) is 20.8 Å². The monoisotopic (exact) mass is 288 g/mol. The lowest BCUT2D eigenvalue weighted by Gasteiger charge is -2.12. The molecule has 20 heavy (non-hydrogen) atoms. The lowest BCUT2D eigenvalue weighted by Crippen LogP contribution is -2.02. The number of halogens is 1. The molecule has 0 N–H and O–H groups in total. The molecule has 0 spiro atoms. The average molecular weight is 289 g/mol. The molecule has 102 valence electrons. The molecule has 0 unspecified atom stereocenters. The smallest absolute Gasteiger partial charge is 0.256 e. The predicted octanol–water partition coefficient (Wildman–Crippen LogP) is 3.50. The van der Waals surface area contributed by atoms with E-state index in [-0.39, 0.29) is 0 Å². The van der Waals surface area contributed by atoms with Crippen molar-refractivity contribution in [3.05, 3.63) is 46.4 Å². The minimum absolute atomic E-state index is 0.366. The van der Waals surface area contributed by atoms with Crippen LogP contribution in [-0.4, -0.2) is 19.6 Å². The zero-order valence-electron chi connectivity index (χ0n) is 11.4. The fraction of sp³-hybridized carbons (Fsp3) is 0.214. The maximum absolute atomic E-state index is 6.11. The summed E-state index contributed by atoms with van der Waals surface area (Å²) < 4.78 is 7.53. The zero-order valence-corrected chi connectivity index (χ0v) is 12.1. The fourth-order valence-electron chi connectivity index (χ4n) is 2.01. The summed E-state index contributed by atoms with van der Waals surface area (Å²) in [5.41, 5.74) is 2.96. The van der Waals surface area contributed by atoms with Crippen molar-refractivity contribution < 1.29 is 4.74 Å². The number of aryl methyl sites for hydroxylation is 2. The highest BCUT2D eigenvalue weighted by Crippen LogP contribution is 2.30. The van der Waals surface area contributed by atoms with Gasteiger partial charge < -0.3 is 4.74 Å². The molecule has 3 aromatic rings. The van der Waals surface area contributed by atoms with Gasteiger partial charge in [0.25, 0.3) is 5.78 Å². The minimum Gasteiger partial charge on any atom is -0.438 e. The molecule has 0 saturated heterocycles. The van der Waals surface area contributed by atoms with Crippen LogP contribution in [0.15, 0.2) is 24.5 Å². The van der Waals surface area contributed by atoms with Gasteiger partial charge in [-0.2, -0.15) is 19.6 Å². The van der Waals surface area contributed by atoms with Crippen molar-refractivity contribution in [2.45, 2.75) is 20.8 Å². The highest BCUT2D eigenvalue weighted by Gasteiger charge is 2.15. The van der Waals surface area contributed by atoms with Gasteiger partial charge in [0, 0.05) is 5.56 Å². The topological polar surface area (TPSA) is 52.3 Å². The Balaban J connectivity index is 2.14. The molecule has 0 atom stereocenters. The molecule has 0 aliphatic rings. The van der Waals surface area contributed by atoms with Gasteiger partial charge in [-0.1, -0.05) is 29.3 Å². The van der Waals surface area contributed by atoms with E-state index in [1.54, 1.807) is 4.52 Å². The summed E-state index contributed by atoms with van der Waals surface area (Å²) in [6.07, 6.45) is 1.42. The Morgan fingerprint density at radius 1 is 1.20 bits per heavy atom. The first-order valence-corrected chi connectivity index (χ1v) is 6.55. The molecular formula is C14H13ClN4O. The molecule has 1 aromatic carbocycles. The van der Waals surface area contributed by atoms with Crippen LogP contribution in [0.2, 0.25) is 5.15 Å². The lowest BCUT2D eigenvalue weighted by molar-refractivity contribution is 0.438. The van der Waals surface area contributed by atoms with E-state index < -0.39 is 0 Å². The third kappa shape index (κ3) is 2.10. The van der Waals surface area contributed by atoms with Gasteiger partial charge in [0.1, 0.15) is 17.2 Å². The van der Waals surface area contributed by atoms with Crippen molar-refractivity contribution in [3.8, 4) is 11.6 Å². The Labute approximate surface area is 121 Å². The van der Waals surface area contributed by atoms with Gasteiger partial charge in [0.15, 0.2) is 0 Å². The van der Waals surface area contributed by atoms with Crippen LogP contribution in [0.1, 0.15) is 16.7 Å². The van der Waals surface area contributed by atoms with Gasteiger partial charge in [-0.25, -0.2) is 0 Å². The number of ether oxygens (including phenoxy) is 1. The van der Waals surface area contributed by atoms with Gasteiger partial charge >= 0.3 is 0 Å². The molecule has 6 heteroatoms. The highest BCUT2D eigenvalue weighted by atomic mass is 35.5. The van der Waals surface area contributed by atoms with E-state index in [4.69, 9.17) is 16.3 Å². The molecule has 3 rings (SSSR count). The molecule has 0 amide bonds. The van der Waals surface area contributed by atoms with E-state index in [1.807, 2.05) is 32.9 Å². The molecule has 0 fully saturated rings. The lowest BCUT2D eigenvalue weighted by atomic mass is 10.1. The first-order valence-electron chi connectivity index (χ1n) is 6.17. The van der Waals surface area contributed by atoms with Crippen molar-refractivity contribution in [2.24, 2.45) is 0 Å². The van der Waals surface area contributed by atoms with Crippen LogP contribution in [0.25, 0.3) is 5.78 Å². The van der Waals surface area contributed by atoms with E-state index in [9.17, 15) is 0 Å². The van der Waals surface area contributed by atoms with Crippen LogP contribution in [-0.2, 0) is 0 Å². The number of rotatable bonds is 2. The van der Waals surface area contributed by atoms with E-state index in [0.29, 0.717) is 16.8 Å². The Bertz CT molecular complexity index is 797. The largest absolute Gasteiger partial charge is 0.438 e. The molecule has 2 aromatic heterocycles. The summed E-state index contributed by atoms with van der Waals surface area (Å²) in [7, 11) is 0. The van der Waals surface area contributed by atoms with E-state index in [0.717, 1.165) is 16.9 Å². The number of benzene rings is 1. The molecule has 0 bridgehead atoms. The Morgan fingerprint density at radius 2 is 2.00 bits per heavy atom. The van der Waals surface area contributed by atoms with Crippen molar-refractivity contribution in [1.82, 2.24) is 19.6 Å². The molecule has 0 aliphatic heterocycles. The fourth-order valence-corrected chi connectivity index (χ4v) is 2.17. The Kier molecular flexibility index (Phi) is 3.06. The normalized spacial score (nSPS) is 11.0. The highest BCUT2D eigenvalue weighted by molar-refractivity contribution is 6.30. The summed E-state index contributed by atoms with van der Waals surface area (Å²) in [6, 6.07) is 5.99. The van der Waals surface area contributed by atoms with Crippen LogP contribution in [0.4, 0.5) is 0 Å². The summed E-state index contributed by atoms with van der Waals surface area (Å²) in [5, 5.41) is 4.49. The SMILES string of the molecule is Cc1ccc(Oc2c(C)c(Cl)nc3ncnn23)c(C)c1. The molecule has 0 saturated carbocycles. The third-order valence-electron chi connectivity index (χ3n) is 3.09. The summed E-state index contributed by atoms with van der Waals surface area (Å²) >= 11 is 6.11. The van der Waals surface area contributed by atoms with Crippen LogP contribution in [0.5, 0.6) is 11.6 Å². The first-order chi connectivity index (χ1) is 9.56. The van der Waals surface area contributed by atoms with E-state index in [2.05, 4.69) is 21.1 Å². The number of aromatic nitrogens is 4. The third-order valence-corrected chi connectivity index (χ3v) is 3.46. The van der Waals surface area contributed by atoms with E-state index >= 15 is 0 Å². The van der Waals surface area contributed by atoms with Crippen molar-refractivity contribution in [2.75, 3.05) is 0 Å². The second kappa shape index (κ2) is 4.76. The minimum atomic E-state index is 0.366. The van der Waals surface area contributed by atoms with Crippen LogP contribution in [0.3, 0.4) is 0 Å². The van der Waals surface area contributed by atoms with Crippen molar-refractivity contribution >= 4 is 17.4 Å². The van der Waals surface area contributed by atoms with Gasteiger partial charge in [0.2, 0.25) is 5.88 Å². The molecular weight excluding hydrogens is 276 g/mol. The number of nitrogens with zero attached hydrogens (tertiary/aromatic N) is 4.